The molecule has 2 heterocycles. The summed E-state index contributed by atoms with van der Waals surface area (Å²) in [6, 6.07) is 0. The molecule has 2 aliphatic rings. The summed E-state index contributed by atoms with van der Waals surface area (Å²) in [7, 11) is 0. The van der Waals surface area contributed by atoms with Crippen LogP contribution in [-0.4, -0.2) is 32.4 Å². The molecule has 0 aliphatic carbocycles. The molecule has 0 radical (unpaired) electrons. The predicted molar refractivity (Wildman–Crippen MR) is 49.0 cm³/mol. The number of ether oxygens (including phenoxy) is 2. The summed E-state index contributed by atoms with van der Waals surface area (Å²) in [5.74, 6) is 0.967. The third-order valence-electron chi connectivity index (χ3n) is 2.40. The molecule has 4 nitrogen and oxygen atoms in total. The van der Waals surface area contributed by atoms with Crippen LogP contribution in [0.5, 0.6) is 0 Å². The molecule has 0 aromatic carbocycles. The fourth-order valence-electron chi connectivity index (χ4n) is 1.63. The predicted octanol–water partition coefficient (Wildman–Crippen LogP) is -0.0445. The van der Waals surface area contributed by atoms with Gasteiger partial charge in [0.1, 0.15) is 11.9 Å². The monoisotopic (exact) mass is 184 g/mol. The smallest absolute Gasteiger partial charge is 0.124 e. The van der Waals surface area contributed by atoms with Crippen LogP contribution >= 0.6 is 0 Å². The van der Waals surface area contributed by atoms with Crippen LogP contribution in [0.1, 0.15) is 12.8 Å². The Hall–Kier alpha value is -0.740. The molecule has 3 N–H and O–H groups in total. The van der Waals surface area contributed by atoms with E-state index in [2.05, 4.69) is 5.32 Å². The van der Waals surface area contributed by atoms with E-state index in [0.717, 1.165) is 44.0 Å². The average molecular weight is 184 g/mol. The van der Waals surface area contributed by atoms with E-state index in [0.29, 0.717) is 6.61 Å². The lowest BCUT2D eigenvalue weighted by atomic mass is 10.2. The highest BCUT2D eigenvalue weighted by Gasteiger charge is 2.20. The van der Waals surface area contributed by atoms with E-state index in [4.69, 9.17) is 15.2 Å². The molecule has 0 bridgehead atoms. The third kappa shape index (κ3) is 2.14. The van der Waals surface area contributed by atoms with E-state index >= 15 is 0 Å². The van der Waals surface area contributed by atoms with Crippen LogP contribution < -0.4 is 11.1 Å². The highest BCUT2D eigenvalue weighted by atomic mass is 16.5. The van der Waals surface area contributed by atoms with Crippen LogP contribution in [-0.2, 0) is 9.47 Å². The molecule has 1 atom stereocenters. The van der Waals surface area contributed by atoms with Crippen molar-refractivity contribution in [3.8, 4) is 0 Å². The van der Waals surface area contributed by atoms with Gasteiger partial charge in [0.25, 0.3) is 0 Å². The van der Waals surface area contributed by atoms with Gasteiger partial charge in [0.05, 0.1) is 18.9 Å². The van der Waals surface area contributed by atoms with Crippen molar-refractivity contribution in [3.63, 3.8) is 0 Å². The minimum atomic E-state index is 0.228. The second kappa shape index (κ2) is 3.98. The molecule has 0 aromatic heterocycles. The third-order valence-corrected chi connectivity index (χ3v) is 2.40. The minimum absolute atomic E-state index is 0.228. The van der Waals surface area contributed by atoms with Gasteiger partial charge >= 0.3 is 0 Å². The fraction of sp³-hybridized carbons (Fsp3) is 0.778. The highest BCUT2D eigenvalue weighted by Crippen LogP contribution is 2.17. The summed E-state index contributed by atoms with van der Waals surface area (Å²) >= 11 is 0. The maximum absolute atomic E-state index is 5.81. The van der Waals surface area contributed by atoms with E-state index in [9.17, 15) is 0 Å². The average Bonchev–Trinajstić information content (AvgIpc) is 2.61. The lowest BCUT2D eigenvalue weighted by Crippen LogP contribution is -2.31. The Morgan fingerprint density at radius 3 is 3.15 bits per heavy atom. The summed E-state index contributed by atoms with van der Waals surface area (Å²) in [6.07, 6.45) is 2.12. The number of rotatable bonds is 2. The van der Waals surface area contributed by atoms with E-state index in [1.807, 2.05) is 0 Å². The highest BCUT2D eigenvalue weighted by molar-refractivity contribution is 5.10. The topological polar surface area (TPSA) is 56.5 Å². The van der Waals surface area contributed by atoms with E-state index < -0.39 is 0 Å². The Kier molecular flexibility index (Phi) is 2.71. The maximum Gasteiger partial charge on any atom is 0.124 e. The zero-order valence-corrected chi connectivity index (χ0v) is 7.71. The quantitative estimate of drug-likeness (QED) is 0.632. The molecule has 0 spiro atoms. The standard InChI is InChI=1S/C9H16N2O2/c10-8-5-11-3-1-9(8)13-7-2-4-12-6-7/h7,11H,1-6,10H2/t7-/m1/s1. The van der Waals surface area contributed by atoms with Gasteiger partial charge in [-0.25, -0.2) is 0 Å². The van der Waals surface area contributed by atoms with E-state index in [1.54, 1.807) is 0 Å². The molecule has 2 aliphatic heterocycles. The first-order valence-corrected chi connectivity index (χ1v) is 4.79. The molecule has 4 heteroatoms. The Balaban J connectivity index is 1.91. The van der Waals surface area contributed by atoms with E-state index in [1.165, 1.54) is 0 Å². The lowest BCUT2D eigenvalue weighted by Gasteiger charge is -2.21. The second-order valence-electron chi connectivity index (χ2n) is 3.48. The van der Waals surface area contributed by atoms with Gasteiger partial charge in [-0.2, -0.15) is 0 Å². The first-order chi connectivity index (χ1) is 6.36. The minimum Gasteiger partial charge on any atom is -0.490 e. The fourth-order valence-corrected chi connectivity index (χ4v) is 1.63. The van der Waals surface area contributed by atoms with Crippen LogP contribution in [0.4, 0.5) is 0 Å². The number of nitrogens with one attached hydrogen (secondary N) is 1. The van der Waals surface area contributed by atoms with Gasteiger partial charge in [-0.05, 0) is 0 Å². The zero-order chi connectivity index (χ0) is 9.10. The molecule has 0 amide bonds. The molecule has 0 saturated carbocycles. The van der Waals surface area contributed by atoms with Gasteiger partial charge in [0.15, 0.2) is 0 Å². The van der Waals surface area contributed by atoms with Crippen LogP contribution in [0.15, 0.2) is 11.5 Å². The summed E-state index contributed by atoms with van der Waals surface area (Å²) in [4.78, 5) is 0. The van der Waals surface area contributed by atoms with Crippen molar-refractivity contribution in [1.82, 2.24) is 5.32 Å². The summed E-state index contributed by atoms with van der Waals surface area (Å²) < 4.78 is 11.0. The maximum atomic E-state index is 5.81. The lowest BCUT2D eigenvalue weighted by molar-refractivity contribution is 0.0831. The van der Waals surface area contributed by atoms with Gasteiger partial charge in [-0.3, -0.25) is 0 Å². The number of hydrogen-bond acceptors (Lipinski definition) is 4. The zero-order valence-electron chi connectivity index (χ0n) is 7.71. The molecule has 1 saturated heterocycles. The molecule has 0 aromatic rings. The normalized spacial score (nSPS) is 29.4. The largest absolute Gasteiger partial charge is 0.490 e. The Morgan fingerprint density at radius 2 is 2.46 bits per heavy atom. The molecule has 2 rings (SSSR count). The van der Waals surface area contributed by atoms with Crippen molar-refractivity contribution in [2.75, 3.05) is 26.3 Å². The Morgan fingerprint density at radius 1 is 1.54 bits per heavy atom. The SMILES string of the molecule is NC1=C(O[C@@H]2CCOC2)CCNC1. The molecular formula is C9H16N2O2. The molecule has 13 heavy (non-hydrogen) atoms. The van der Waals surface area contributed by atoms with Crippen molar-refractivity contribution < 1.29 is 9.47 Å². The van der Waals surface area contributed by atoms with Gasteiger partial charge in [-0.1, -0.05) is 0 Å². The number of hydrogen-bond donors (Lipinski definition) is 2. The van der Waals surface area contributed by atoms with Crippen molar-refractivity contribution in [2.45, 2.75) is 18.9 Å². The summed E-state index contributed by atoms with van der Waals surface area (Å²) in [5.41, 5.74) is 6.65. The van der Waals surface area contributed by atoms with Crippen LogP contribution in [0.2, 0.25) is 0 Å². The molecule has 1 fully saturated rings. The van der Waals surface area contributed by atoms with E-state index in [-0.39, 0.29) is 6.10 Å². The summed E-state index contributed by atoms with van der Waals surface area (Å²) in [6.45, 7) is 3.24. The van der Waals surface area contributed by atoms with Crippen molar-refractivity contribution in [3.05, 3.63) is 11.5 Å². The summed E-state index contributed by atoms with van der Waals surface area (Å²) in [5, 5.41) is 3.20. The van der Waals surface area contributed by atoms with Crippen LogP contribution in [0.25, 0.3) is 0 Å². The van der Waals surface area contributed by atoms with Crippen molar-refractivity contribution in [2.24, 2.45) is 5.73 Å². The molecule has 74 valence electrons. The first-order valence-electron chi connectivity index (χ1n) is 4.79. The Labute approximate surface area is 78.1 Å². The van der Waals surface area contributed by atoms with Gasteiger partial charge < -0.3 is 20.5 Å². The van der Waals surface area contributed by atoms with Crippen molar-refractivity contribution >= 4 is 0 Å². The first kappa shape index (κ1) is 8.84. The number of nitrogens with two attached hydrogens (primary N) is 1. The molecule has 0 unspecified atom stereocenters. The van der Waals surface area contributed by atoms with Gasteiger partial charge in [-0.15, -0.1) is 0 Å². The van der Waals surface area contributed by atoms with Crippen molar-refractivity contribution in [1.29, 1.82) is 0 Å². The van der Waals surface area contributed by atoms with Crippen LogP contribution in [0, 0.1) is 0 Å². The molecular weight excluding hydrogens is 168 g/mol. The van der Waals surface area contributed by atoms with Gasteiger partial charge in [0.2, 0.25) is 0 Å². The van der Waals surface area contributed by atoms with Gasteiger partial charge in [0, 0.05) is 25.9 Å². The Bertz CT molecular complexity index is 210. The van der Waals surface area contributed by atoms with Crippen LogP contribution in [0.3, 0.4) is 0 Å². The second-order valence-corrected chi connectivity index (χ2v) is 3.48.